The molecule has 1 aromatic heterocycles. The molecule has 0 saturated heterocycles. The zero-order valence-corrected chi connectivity index (χ0v) is 8.03. The van der Waals surface area contributed by atoms with Crippen LogP contribution in [0.3, 0.4) is 0 Å². The Balaban J connectivity index is 2.60. The van der Waals surface area contributed by atoms with Crippen LogP contribution in [-0.2, 0) is 7.05 Å². The first-order valence-electron chi connectivity index (χ1n) is 3.95. The van der Waals surface area contributed by atoms with E-state index in [1.807, 2.05) is 41.9 Å². The first-order chi connectivity index (χ1) is 6.29. The van der Waals surface area contributed by atoms with E-state index in [0.717, 1.165) is 5.69 Å². The summed E-state index contributed by atoms with van der Waals surface area (Å²) in [4.78, 5) is 0. The molecule has 4 heteroatoms. The molecule has 1 heterocycles. The lowest BCUT2D eigenvalue weighted by molar-refractivity contribution is 0.837. The van der Waals surface area contributed by atoms with Crippen molar-refractivity contribution in [3.63, 3.8) is 0 Å². The number of rotatable bonds is 1. The lowest BCUT2D eigenvalue weighted by Crippen LogP contribution is -1.96. The molecule has 0 spiro atoms. The number of nitrogens with zero attached hydrogens (tertiary/aromatic N) is 3. The molecule has 0 bridgehead atoms. The fourth-order valence-electron chi connectivity index (χ4n) is 1.12. The van der Waals surface area contributed by atoms with E-state index < -0.39 is 0 Å². The average molecular weight is 191 g/mol. The predicted octanol–water partition coefficient (Wildman–Crippen LogP) is 1.94. The molecule has 1 aromatic carbocycles. The van der Waals surface area contributed by atoms with Gasteiger partial charge in [-0.3, -0.25) is 0 Å². The largest absolute Gasteiger partial charge is 0.309 e. The van der Waals surface area contributed by atoms with E-state index in [-0.39, 0.29) is 0 Å². The molecule has 13 heavy (non-hydrogen) atoms. The van der Waals surface area contributed by atoms with E-state index in [1.165, 1.54) is 0 Å². The molecule has 0 atom stereocenters. The summed E-state index contributed by atoms with van der Waals surface area (Å²) in [5.41, 5.74) is 0.994. The monoisotopic (exact) mass is 191 g/mol. The van der Waals surface area contributed by atoms with Gasteiger partial charge in [0, 0.05) is 7.05 Å². The molecule has 0 aliphatic heterocycles. The third-order valence-electron chi connectivity index (χ3n) is 1.82. The Kier molecular flexibility index (Phi) is 1.98. The summed E-state index contributed by atoms with van der Waals surface area (Å²) in [7, 11) is 1.88. The van der Waals surface area contributed by atoms with E-state index in [1.54, 1.807) is 11.0 Å². The lowest BCUT2D eigenvalue weighted by atomic mass is 10.3. The van der Waals surface area contributed by atoms with Crippen LogP contribution in [0.5, 0.6) is 0 Å². The molecule has 0 saturated carbocycles. The maximum atomic E-state index is 5.17. The zero-order chi connectivity index (χ0) is 9.26. The van der Waals surface area contributed by atoms with Gasteiger partial charge in [-0.25, -0.2) is 4.68 Å². The SMILES string of the molecule is Cn1cnn(-c2ccccc2)c1=S. The van der Waals surface area contributed by atoms with Crippen molar-refractivity contribution in [1.82, 2.24) is 14.3 Å². The van der Waals surface area contributed by atoms with Crippen molar-refractivity contribution in [2.75, 3.05) is 0 Å². The topological polar surface area (TPSA) is 22.8 Å². The zero-order valence-electron chi connectivity index (χ0n) is 7.21. The second kappa shape index (κ2) is 3.14. The van der Waals surface area contributed by atoms with Crippen LogP contribution in [0, 0.1) is 4.77 Å². The maximum Gasteiger partial charge on any atom is 0.202 e. The van der Waals surface area contributed by atoms with Gasteiger partial charge in [-0.15, -0.1) is 0 Å². The van der Waals surface area contributed by atoms with Gasteiger partial charge in [0.25, 0.3) is 0 Å². The van der Waals surface area contributed by atoms with E-state index in [9.17, 15) is 0 Å². The second-order valence-corrected chi connectivity index (χ2v) is 3.14. The van der Waals surface area contributed by atoms with E-state index in [4.69, 9.17) is 12.2 Å². The molecule has 66 valence electrons. The van der Waals surface area contributed by atoms with Gasteiger partial charge in [-0.2, -0.15) is 5.10 Å². The maximum absolute atomic E-state index is 5.17. The number of para-hydroxylation sites is 1. The summed E-state index contributed by atoms with van der Waals surface area (Å²) in [5, 5.41) is 4.16. The van der Waals surface area contributed by atoms with Crippen molar-refractivity contribution in [3.05, 3.63) is 41.4 Å². The van der Waals surface area contributed by atoms with Crippen LogP contribution in [-0.4, -0.2) is 14.3 Å². The number of aromatic nitrogens is 3. The Morgan fingerprint density at radius 3 is 2.46 bits per heavy atom. The number of hydrogen-bond acceptors (Lipinski definition) is 2. The Labute approximate surface area is 81.2 Å². The Morgan fingerprint density at radius 1 is 1.23 bits per heavy atom. The highest BCUT2D eigenvalue weighted by Crippen LogP contribution is 2.05. The van der Waals surface area contributed by atoms with Crippen LogP contribution in [0.25, 0.3) is 5.69 Å². The van der Waals surface area contributed by atoms with Gasteiger partial charge in [-0.05, 0) is 24.4 Å². The Morgan fingerprint density at radius 2 is 1.92 bits per heavy atom. The Hall–Kier alpha value is -1.42. The number of hydrogen-bond donors (Lipinski definition) is 0. The smallest absolute Gasteiger partial charge is 0.202 e. The fourth-order valence-corrected chi connectivity index (χ4v) is 1.32. The quantitative estimate of drug-likeness (QED) is 0.643. The van der Waals surface area contributed by atoms with Crippen molar-refractivity contribution in [2.24, 2.45) is 7.05 Å². The Bertz CT molecular complexity index is 455. The summed E-state index contributed by atoms with van der Waals surface area (Å²) in [6.45, 7) is 0. The first kappa shape index (κ1) is 8.19. The summed E-state index contributed by atoms with van der Waals surface area (Å²) in [6.07, 6.45) is 1.70. The molecule has 0 aliphatic carbocycles. The highest BCUT2D eigenvalue weighted by atomic mass is 32.1. The molecule has 0 amide bonds. The summed E-state index contributed by atoms with van der Waals surface area (Å²) < 4.78 is 4.24. The number of benzene rings is 1. The van der Waals surface area contributed by atoms with Gasteiger partial charge < -0.3 is 4.57 Å². The molecule has 0 radical (unpaired) electrons. The molecular formula is C9H9N3S. The van der Waals surface area contributed by atoms with Crippen LogP contribution in [0.2, 0.25) is 0 Å². The molecular weight excluding hydrogens is 182 g/mol. The second-order valence-electron chi connectivity index (χ2n) is 2.77. The third kappa shape index (κ3) is 1.40. The molecule has 2 rings (SSSR count). The normalized spacial score (nSPS) is 10.2. The van der Waals surface area contributed by atoms with Crippen molar-refractivity contribution in [1.29, 1.82) is 0 Å². The van der Waals surface area contributed by atoms with E-state index in [0.29, 0.717) is 4.77 Å². The first-order valence-corrected chi connectivity index (χ1v) is 4.36. The van der Waals surface area contributed by atoms with Crippen LogP contribution in [0.1, 0.15) is 0 Å². The number of aryl methyl sites for hydroxylation is 1. The van der Waals surface area contributed by atoms with Crippen LogP contribution in [0.4, 0.5) is 0 Å². The summed E-state index contributed by atoms with van der Waals surface area (Å²) in [6, 6.07) is 9.85. The fraction of sp³-hybridized carbons (Fsp3) is 0.111. The average Bonchev–Trinajstić information content (AvgIpc) is 2.49. The molecule has 0 aliphatic rings. The highest BCUT2D eigenvalue weighted by Gasteiger charge is 1.98. The van der Waals surface area contributed by atoms with Gasteiger partial charge in [0.15, 0.2) is 0 Å². The van der Waals surface area contributed by atoms with Gasteiger partial charge in [-0.1, -0.05) is 18.2 Å². The van der Waals surface area contributed by atoms with Gasteiger partial charge in [0.1, 0.15) is 6.33 Å². The van der Waals surface area contributed by atoms with Gasteiger partial charge in [0.05, 0.1) is 5.69 Å². The van der Waals surface area contributed by atoms with Crippen LogP contribution >= 0.6 is 12.2 Å². The van der Waals surface area contributed by atoms with E-state index >= 15 is 0 Å². The van der Waals surface area contributed by atoms with Crippen LogP contribution < -0.4 is 0 Å². The van der Waals surface area contributed by atoms with E-state index in [2.05, 4.69) is 5.10 Å². The lowest BCUT2D eigenvalue weighted by Gasteiger charge is -1.98. The molecule has 3 nitrogen and oxygen atoms in total. The summed E-state index contributed by atoms with van der Waals surface area (Å²) in [5.74, 6) is 0. The molecule has 2 aromatic rings. The minimum absolute atomic E-state index is 0.700. The standard InChI is InChI=1S/C9H9N3S/c1-11-7-10-12(9(11)13)8-5-3-2-4-6-8/h2-7H,1H3. The highest BCUT2D eigenvalue weighted by molar-refractivity contribution is 7.71. The van der Waals surface area contributed by atoms with Crippen molar-refractivity contribution < 1.29 is 0 Å². The molecule has 0 unspecified atom stereocenters. The van der Waals surface area contributed by atoms with Crippen molar-refractivity contribution >= 4 is 12.2 Å². The minimum Gasteiger partial charge on any atom is -0.309 e. The van der Waals surface area contributed by atoms with Crippen molar-refractivity contribution in [2.45, 2.75) is 0 Å². The third-order valence-corrected chi connectivity index (χ3v) is 2.28. The van der Waals surface area contributed by atoms with Gasteiger partial charge in [0.2, 0.25) is 4.77 Å². The minimum atomic E-state index is 0.700. The van der Waals surface area contributed by atoms with Crippen LogP contribution in [0.15, 0.2) is 36.7 Å². The summed E-state index contributed by atoms with van der Waals surface area (Å²) >= 11 is 5.17. The predicted molar refractivity (Wildman–Crippen MR) is 53.4 cm³/mol. The van der Waals surface area contributed by atoms with Crippen molar-refractivity contribution in [3.8, 4) is 5.69 Å². The van der Waals surface area contributed by atoms with Gasteiger partial charge >= 0.3 is 0 Å². The molecule has 0 fully saturated rings. The molecule has 0 N–H and O–H groups in total.